The minimum Gasteiger partial charge on any atom is -0.493 e. The lowest BCUT2D eigenvalue weighted by Crippen LogP contribution is -2.12. The minimum absolute atomic E-state index is 0.135. The van der Waals surface area contributed by atoms with Gasteiger partial charge in [0.25, 0.3) is 0 Å². The van der Waals surface area contributed by atoms with Crippen molar-refractivity contribution in [1.29, 1.82) is 0 Å². The maximum Gasteiger partial charge on any atom is 0.226 e. The summed E-state index contributed by atoms with van der Waals surface area (Å²) < 4.78 is 29.2. The highest BCUT2D eigenvalue weighted by atomic mass is 32.1. The number of nitrogens with zero attached hydrogens (tertiary/aromatic N) is 1. The number of nitrogens with one attached hydrogen (secondary N) is 1. The summed E-state index contributed by atoms with van der Waals surface area (Å²) in [5, 5.41) is 3.35. The summed E-state index contributed by atoms with van der Waals surface area (Å²) in [7, 11) is 4.72. The Morgan fingerprint density at radius 3 is 2.43 bits per heavy atom. The number of thiazole rings is 1. The van der Waals surface area contributed by atoms with Crippen molar-refractivity contribution < 1.29 is 23.4 Å². The van der Waals surface area contributed by atoms with Crippen LogP contribution < -0.4 is 19.5 Å². The number of ether oxygens (including phenoxy) is 3. The third-order valence-corrected chi connectivity index (χ3v) is 5.42. The van der Waals surface area contributed by atoms with E-state index in [1.165, 1.54) is 23.5 Å². The first-order valence-electron chi connectivity index (χ1n) is 9.31. The molecule has 3 aromatic rings. The van der Waals surface area contributed by atoms with E-state index in [1.807, 2.05) is 12.1 Å². The molecule has 0 unspecified atom stereocenters. The van der Waals surface area contributed by atoms with Crippen molar-refractivity contribution in [2.24, 2.45) is 0 Å². The van der Waals surface area contributed by atoms with Crippen molar-refractivity contribution in [3.8, 4) is 17.2 Å². The third-order valence-electron chi connectivity index (χ3n) is 4.50. The minimum atomic E-state index is -0.287. The van der Waals surface area contributed by atoms with Crippen LogP contribution in [0.25, 0.3) is 0 Å². The van der Waals surface area contributed by atoms with Crippen LogP contribution in [0.5, 0.6) is 17.2 Å². The molecular weight excluding hydrogens is 407 g/mol. The van der Waals surface area contributed by atoms with Gasteiger partial charge in [-0.15, -0.1) is 11.3 Å². The van der Waals surface area contributed by atoms with Crippen molar-refractivity contribution in [2.45, 2.75) is 19.3 Å². The van der Waals surface area contributed by atoms with Crippen LogP contribution in [0.2, 0.25) is 0 Å². The number of carbonyl (C=O) groups excluding carboxylic acids is 1. The molecule has 1 aromatic heterocycles. The molecule has 1 amide bonds. The van der Waals surface area contributed by atoms with E-state index in [0.717, 1.165) is 16.0 Å². The predicted molar refractivity (Wildman–Crippen MR) is 114 cm³/mol. The Morgan fingerprint density at radius 2 is 1.77 bits per heavy atom. The summed E-state index contributed by atoms with van der Waals surface area (Å²) in [4.78, 5) is 17.5. The second kappa shape index (κ2) is 10.1. The van der Waals surface area contributed by atoms with Gasteiger partial charge in [0.05, 0.1) is 21.3 Å². The quantitative estimate of drug-likeness (QED) is 0.542. The van der Waals surface area contributed by atoms with Gasteiger partial charge in [-0.3, -0.25) is 4.79 Å². The summed E-state index contributed by atoms with van der Waals surface area (Å²) >= 11 is 1.40. The molecule has 0 aliphatic carbocycles. The first-order chi connectivity index (χ1) is 14.5. The van der Waals surface area contributed by atoms with E-state index in [-0.39, 0.29) is 11.7 Å². The molecule has 0 spiro atoms. The van der Waals surface area contributed by atoms with Crippen molar-refractivity contribution in [3.63, 3.8) is 0 Å². The number of halogens is 1. The molecule has 30 heavy (non-hydrogen) atoms. The Morgan fingerprint density at radius 1 is 1.03 bits per heavy atom. The fraction of sp³-hybridized carbons (Fsp3) is 0.273. The second-order valence-electron chi connectivity index (χ2n) is 6.48. The lowest BCUT2D eigenvalue weighted by molar-refractivity contribution is -0.116. The van der Waals surface area contributed by atoms with E-state index in [2.05, 4.69) is 10.3 Å². The van der Waals surface area contributed by atoms with Gasteiger partial charge in [0.1, 0.15) is 5.82 Å². The maximum atomic E-state index is 13.0. The summed E-state index contributed by atoms with van der Waals surface area (Å²) in [5.74, 6) is 1.32. The number of hydrogen-bond acceptors (Lipinski definition) is 6. The number of benzene rings is 2. The van der Waals surface area contributed by atoms with Crippen LogP contribution in [-0.4, -0.2) is 32.2 Å². The fourth-order valence-electron chi connectivity index (χ4n) is 3.03. The molecule has 0 radical (unpaired) electrons. The molecule has 0 aliphatic rings. The Balaban J connectivity index is 1.62. The highest BCUT2D eigenvalue weighted by Crippen LogP contribution is 2.41. The van der Waals surface area contributed by atoms with Crippen molar-refractivity contribution in [3.05, 3.63) is 64.4 Å². The van der Waals surface area contributed by atoms with Gasteiger partial charge < -0.3 is 19.5 Å². The van der Waals surface area contributed by atoms with E-state index >= 15 is 0 Å². The monoisotopic (exact) mass is 430 g/mol. The molecule has 0 bridgehead atoms. The average Bonchev–Trinajstić information content (AvgIpc) is 3.19. The first-order valence-corrected chi connectivity index (χ1v) is 10.1. The second-order valence-corrected chi connectivity index (χ2v) is 7.59. The molecule has 3 rings (SSSR count). The smallest absolute Gasteiger partial charge is 0.226 e. The number of hydrogen-bond donors (Lipinski definition) is 1. The molecule has 1 N–H and O–H groups in total. The summed E-state index contributed by atoms with van der Waals surface area (Å²) in [6, 6.07) is 9.89. The summed E-state index contributed by atoms with van der Waals surface area (Å²) in [6.45, 7) is 0. The molecule has 0 aliphatic heterocycles. The van der Waals surface area contributed by atoms with Gasteiger partial charge in [0.15, 0.2) is 16.6 Å². The molecule has 0 atom stereocenters. The zero-order chi connectivity index (χ0) is 21.5. The number of carbonyl (C=O) groups is 1. The zero-order valence-electron chi connectivity index (χ0n) is 17.0. The molecule has 0 saturated heterocycles. The standard InChI is InChI=1S/C22H23FN2O4S/c1-27-18-10-7-15(20(28-2)21(18)29-3)12-17-13-24-22(30-17)25-19(26)11-6-14-4-8-16(23)9-5-14/h4-5,7-10,13H,6,11-12H2,1-3H3,(H,24,25,26). The number of amides is 1. The third kappa shape index (κ3) is 5.27. The molecule has 8 heteroatoms. The van der Waals surface area contributed by atoms with Crippen molar-refractivity contribution in [1.82, 2.24) is 4.98 Å². The van der Waals surface area contributed by atoms with Gasteiger partial charge in [-0.25, -0.2) is 9.37 Å². The highest BCUT2D eigenvalue weighted by Gasteiger charge is 2.17. The van der Waals surface area contributed by atoms with E-state index in [4.69, 9.17) is 14.2 Å². The molecule has 0 saturated carbocycles. The lowest BCUT2D eigenvalue weighted by atomic mass is 10.1. The first kappa shape index (κ1) is 21.6. The topological polar surface area (TPSA) is 69.7 Å². The van der Waals surface area contributed by atoms with E-state index < -0.39 is 0 Å². The Hall–Kier alpha value is -3.13. The molecule has 0 fully saturated rings. The predicted octanol–water partition coefficient (Wildman–Crippen LogP) is 4.47. The van der Waals surface area contributed by atoms with Gasteiger partial charge >= 0.3 is 0 Å². The summed E-state index contributed by atoms with van der Waals surface area (Å²) in [5.41, 5.74) is 1.83. The van der Waals surface area contributed by atoms with Crippen molar-refractivity contribution >= 4 is 22.4 Å². The van der Waals surface area contributed by atoms with Gasteiger partial charge in [-0.05, 0) is 30.2 Å². The van der Waals surface area contributed by atoms with E-state index in [0.29, 0.717) is 41.6 Å². The van der Waals surface area contributed by atoms with Crippen molar-refractivity contribution in [2.75, 3.05) is 26.6 Å². The van der Waals surface area contributed by atoms with Gasteiger partial charge in [0, 0.05) is 29.5 Å². The Labute approximate surface area is 178 Å². The van der Waals surface area contributed by atoms with Gasteiger partial charge in [0.2, 0.25) is 11.7 Å². The lowest BCUT2D eigenvalue weighted by Gasteiger charge is -2.15. The SMILES string of the molecule is COc1ccc(Cc2cnc(NC(=O)CCc3ccc(F)cc3)s2)c(OC)c1OC. The van der Waals surface area contributed by atoms with Crippen LogP contribution in [0, 0.1) is 5.82 Å². The largest absolute Gasteiger partial charge is 0.493 e. The van der Waals surface area contributed by atoms with Gasteiger partial charge in [-0.1, -0.05) is 18.2 Å². The van der Waals surface area contributed by atoms with E-state index in [1.54, 1.807) is 39.7 Å². The normalized spacial score (nSPS) is 10.5. The fourth-order valence-corrected chi connectivity index (χ4v) is 3.88. The van der Waals surface area contributed by atoms with Crippen LogP contribution in [0.3, 0.4) is 0 Å². The zero-order valence-corrected chi connectivity index (χ0v) is 17.8. The number of methoxy groups -OCH3 is 3. The van der Waals surface area contributed by atoms with E-state index in [9.17, 15) is 9.18 Å². The van der Waals surface area contributed by atoms with Gasteiger partial charge in [-0.2, -0.15) is 0 Å². The van der Waals surface area contributed by atoms with Crippen LogP contribution in [-0.2, 0) is 17.6 Å². The van der Waals surface area contributed by atoms with Crippen LogP contribution in [0.15, 0.2) is 42.6 Å². The maximum absolute atomic E-state index is 13.0. The number of anilines is 1. The average molecular weight is 431 g/mol. The summed E-state index contributed by atoms with van der Waals surface area (Å²) in [6.07, 6.45) is 3.14. The molecule has 1 heterocycles. The number of aromatic nitrogens is 1. The number of rotatable bonds is 9. The molecular formula is C22H23FN2O4S. The Kier molecular flexibility index (Phi) is 7.24. The van der Waals surface area contributed by atoms with Crippen LogP contribution >= 0.6 is 11.3 Å². The highest BCUT2D eigenvalue weighted by molar-refractivity contribution is 7.15. The molecule has 2 aromatic carbocycles. The van der Waals surface area contributed by atoms with Crippen LogP contribution in [0.4, 0.5) is 9.52 Å². The Bertz CT molecular complexity index is 1000. The number of aryl methyl sites for hydroxylation is 1. The van der Waals surface area contributed by atoms with Crippen LogP contribution in [0.1, 0.15) is 22.4 Å². The molecule has 6 nitrogen and oxygen atoms in total. The molecule has 158 valence electrons.